The molecular weight excluding hydrogens is 307 g/mol. The molecule has 0 spiro atoms. The van der Waals surface area contributed by atoms with E-state index < -0.39 is 29.6 Å². The van der Waals surface area contributed by atoms with Crippen LogP contribution in [0, 0.1) is 0 Å². The number of pyridine rings is 1. The lowest BCUT2D eigenvalue weighted by atomic mass is 10.0. The van der Waals surface area contributed by atoms with Gasteiger partial charge >= 0.3 is 6.18 Å². The van der Waals surface area contributed by atoms with Gasteiger partial charge in [-0.3, -0.25) is 9.59 Å². The average Bonchev–Trinajstić information content (AvgIpc) is 2.48. The number of Topliss-reactive ketones (excluding diaryl/α,β-unsaturated/α-hetero) is 1. The number of carbonyl (C=O) groups excluding carboxylic acids is 1. The van der Waals surface area contributed by atoms with Crippen molar-refractivity contribution in [3.05, 3.63) is 69.6 Å². The summed E-state index contributed by atoms with van der Waals surface area (Å²) < 4.78 is 38.8. The Hall–Kier alpha value is -2.37. The predicted molar refractivity (Wildman–Crippen MR) is 80.6 cm³/mol. The lowest BCUT2D eigenvalue weighted by Gasteiger charge is -2.11. The van der Waals surface area contributed by atoms with Crippen LogP contribution in [-0.2, 0) is 12.7 Å². The van der Waals surface area contributed by atoms with E-state index in [9.17, 15) is 22.8 Å². The molecule has 0 amide bonds. The number of carbonyl (C=O) groups is 1. The molecule has 1 heterocycles. The number of hydrogen-bond donors (Lipinski definition) is 0. The molecule has 0 fully saturated rings. The van der Waals surface area contributed by atoms with Gasteiger partial charge in [0.05, 0.1) is 12.1 Å². The van der Waals surface area contributed by atoms with Crippen LogP contribution in [0.5, 0.6) is 0 Å². The highest BCUT2D eigenvalue weighted by Gasteiger charge is 2.31. The third kappa shape index (κ3) is 4.09. The molecule has 0 unspecified atom stereocenters. The van der Waals surface area contributed by atoms with Crippen molar-refractivity contribution in [2.24, 2.45) is 0 Å². The normalized spacial score (nSPS) is 11.7. The Morgan fingerprint density at radius 2 is 1.70 bits per heavy atom. The molecule has 0 bridgehead atoms. The average molecular weight is 323 g/mol. The molecular formula is C17H16F3NO2. The van der Waals surface area contributed by atoms with Gasteiger partial charge in [-0.15, -0.1) is 0 Å². The summed E-state index contributed by atoms with van der Waals surface area (Å²) in [6.07, 6.45) is -3.89. The largest absolute Gasteiger partial charge is 0.417 e. The molecule has 0 aliphatic rings. The summed E-state index contributed by atoms with van der Waals surface area (Å²) in [6, 6.07) is 8.37. The maximum Gasteiger partial charge on any atom is 0.417 e. The van der Waals surface area contributed by atoms with E-state index in [4.69, 9.17) is 0 Å². The Morgan fingerprint density at radius 3 is 2.22 bits per heavy atom. The second-order valence-corrected chi connectivity index (χ2v) is 5.58. The van der Waals surface area contributed by atoms with Crippen molar-refractivity contribution in [1.82, 2.24) is 4.57 Å². The molecule has 0 N–H and O–H groups in total. The molecule has 0 atom stereocenters. The number of nitrogens with zero attached hydrogens (tertiary/aromatic N) is 1. The number of halogens is 3. The van der Waals surface area contributed by atoms with Crippen LogP contribution in [0.1, 0.15) is 41.3 Å². The van der Waals surface area contributed by atoms with E-state index in [2.05, 4.69) is 0 Å². The maximum atomic E-state index is 12.7. The molecule has 0 saturated carbocycles. The zero-order valence-electron chi connectivity index (χ0n) is 12.7. The van der Waals surface area contributed by atoms with Crippen molar-refractivity contribution in [3.63, 3.8) is 0 Å². The van der Waals surface area contributed by atoms with Crippen LogP contribution in [0.15, 0.2) is 47.4 Å². The fourth-order valence-electron chi connectivity index (χ4n) is 2.12. The summed E-state index contributed by atoms with van der Waals surface area (Å²) in [5.74, 6) is -0.105. The summed E-state index contributed by atoms with van der Waals surface area (Å²) >= 11 is 0. The summed E-state index contributed by atoms with van der Waals surface area (Å²) in [5.41, 5.74) is -0.193. The van der Waals surface area contributed by atoms with Crippen LogP contribution in [-0.4, -0.2) is 10.4 Å². The van der Waals surface area contributed by atoms with Crippen molar-refractivity contribution in [2.75, 3.05) is 0 Å². The standard InChI is InChI=1S/C17H16F3NO2/c1-11(2)12-3-5-13(6-4-12)15(22)10-21-9-14(17(18,19)20)7-8-16(21)23/h3-9,11H,10H2,1-2H3. The van der Waals surface area contributed by atoms with Crippen molar-refractivity contribution < 1.29 is 18.0 Å². The van der Waals surface area contributed by atoms with Crippen LogP contribution >= 0.6 is 0 Å². The smallest absolute Gasteiger partial charge is 0.307 e. The minimum absolute atomic E-state index is 0.310. The Balaban J connectivity index is 2.24. The monoisotopic (exact) mass is 323 g/mol. The Morgan fingerprint density at radius 1 is 1.09 bits per heavy atom. The summed E-state index contributed by atoms with van der Waals surface area (Å²) in [7, 11) is 0. The number of ketones is 1. The minimum Gasteiger partial charge on any atom is -0.307 e. The Labute approximate surface area is 131 Å². The topological polar surface area (TPSA) is 39.1 Å². The highest BCUT2D eigenvalue weighted by atomic mass is 19.4. The molecule has 0 saturated heterocycles. The first-order valence-corrected chi connectivity index (χ1v) is 7.09. The van der Waals surface area contributed by atoms with Crippen LogP contribution in [0.25, 0.3) is 0 Å². The van der Waals surface area contributed by atoms with E-state index >= 15 is 0 Å². The molecule has 23 heavy (non-hydrogen) atoms. The number of alkyl halides is 3. The third-order valence-electron chi connectivity index (χ3n) is 3.52. The van der Waals surface area contributed by atoms with Crippen molar-refractivity contribution in [2.45, 2.75) is 32.5 Å². The van der Waals surface area contributed by atoms with Gasteiger partial charge in [0, 0.05) is 17.8 Å². The molecule has 6 heteroatoms. The number of benzene rings is 1. The number of aromatic nitrogens is 1. The fraction of sp³-hybridized carbons (Fsp3) is 0.294. The van der Waals surface area contributed by atoms with E-state index in [-0.39, 0.29) is 0 Å². The molecule has 2 aromatic rings. The van der Waals surface area contributed by atoms with Gasteiger partial charge in [0.15, 0.2) is 5.78 Å². The molecule has 2 rings (SSSR count). The van der Waals surface area contributed by atoms with Gasteiger partial charge in [-0.2, -0.15) is 13.2 Å². The second-order valence-electron chi connectivity index (χ2n) is 5.58. The third-order valence-corrected chi connectivity index (χ3v) is 3.52. The van der Waals surface area contributed by atoms with Crippen LogP contribution in [0.4, 0.5) is 13.2 Å². The van der Waals surface area contributed by atoms with Crippen LogP contribution in [0.2, 0.25) is 0 Å². The predicted octanol–water partition coefficient (Wildman–Crippen LogP) is 3.87. The highest BCUT2D eigenvalue weighted by molar-refractivity contribution is 5.95. The fourth-order valence-corrected chi connectivity index (χ4v) is 2.12. The minimum atomic E-state index is -4.56. The van der Waals surface area contributed by atoms with Gasteiger partial charge < -0.3 is 4.57 Å². The summed E-state index contributed by atoms with van der Waals surface area (Å²) in [6.45, 7) is 3.60. The summed E-state index contributed by atoms with van der Waals surface area (Å²) in [5, 5.41) is 0. The quantitative estimate of drug-likeness (QED) is 0.801. The Bertz CT molecular complexity index is 759. The highest BCUT2D eigenvalue weighted by Crippen LogP contribution is 2.28. The zero-order chi connectivity index (χ0) is 17.2. The lowest BCUT2D eigenvalue weighted by molar-refractivity contribution is -0.138. The van der Waals surface area contributed by atoms with Crippen LogP contribution < -0.4 is 5.56 Å². The van der Waals surface area contributed by atoms with Crippen LogP contribution in [0.3, 0.4) is 0 Å². The van der Waals surface area contributed by atoms with E-state index in [0.717, 1.165) is 16.2 Å². The first-order valence-electron chi connectivity index (χ1n) is 7.09. The first kappa shape index (κ1) is 17.0. The lowest BCUT2D eigenvalue weighted by Crippen LogP contribution is -2.25. The van der Waals surface area contributed by atoms with Gasteiger partial charge in [-0.05, 0) is 17.5 Å². The molecule has 1 aromatic carbocycles. The number of rotatable bonds is 4. The molecule has 3 nitrogen and oxygen atoms in total. The van der Waals surface area contributed by atoms with Crippen molar-refractivity contribution in [3.8, 4) is 0 Å². The van der Waals surface area contributed by atoms with Gasteiger partial charge in [-0.1, -0.05) is 38.1 Å². The van der Waals surface area contributed by atoms with Gasteiger partial charge in [0.1, 0.15) is 0 Å². The van der Waals surface area contributed by atoms with Gasteiger partial charge in [-0.25, -0.2) is 0 Å². The Kier molecular flexibility index (Phi) is 4.73. The molecule has 0 aliphatic heterocycles. The second kappa shape index (κ2) is 6.40. The maximum absolute atomic E-state index is 12.7. The first-order chi connectivity index (χ1) is 10.7. The zero-order valence-corrected chi connectivity index (χ0v) is 12.7. The van der Waals surface area contributed by atoms with E-state index in [1.54, 1.807) is 24.3 Å². The molecule has 0 radical (unpaired) electrons. The number of hydrogen-bond acceptors (Lipinski definition) is 2. The van der Waals surface area contributed by atoms with Crippen molar-refractivity contribution in [1.29, 1.82) is 0 Å². The van der Waals surface area contributed by atoms with Crippen molar-refractivity contribution >= 4 is 5.78 Å². The van der Waals surface area contributed by atoms with E-state index in [1.807, 2.05) is 13.8 Å². The van der Waals surface area contributed by atoms with Gasteiger partial charge in [0.25, 0.3) is 5.56 Å². The molecule has 0 aliphatic carbocycles. The SMILES string of the molecule is CC(C)c1ccc(C(=O)Cn2cc(C(F)(F)F)ccc2=O)cc1. The summed E-state index contributed by atoms with van der Waals surface area (Å²) in [4.78, 5) is 23.8. The van der Waals surface area contributed by atoms with E-state index in [0.29, 0.717) is 23.7 Å². The van der Waals surface area contributed by atoms with E-state index in [1.165, 1.54) is 0 Å². The molecule has 1 aromatic heterocycles. The molecule has 122 valence electrons. The van der Waals surface area contributed by atoms with Gasteiger partial charge in [0.2, 0.25) is 0 Å².